The van der Waals surface area contributed by atoms with Crippen LogP contribution >= 0.6 is 22.9 Å². The van der Waals surface area contributed by atoms with Crippen LogP contribution in [0.5, 0.6) is 0 Å². The highest BCUT2D eigenvalue weighted by Crippen LogP contribution is 2.32. The lowest BCUT2D eigenvalue weighted by Gasteiger charge is -2.17. The van der Waals surface area contributed by atoms with Crippen molar-refractivity contribution in [3.8, 4) is 0 Å². The van der Waals surface area contributed by atoms with Crippen molar-refractivity contribution in [1.82, 2.24) is 5.32 Å². The maximum atomic E-state index is 11.9. The molecule has 1 heterocycles. The second kappa shape index (κ2) is 6.34. The number of carbonyl (C=O) groups is 1. The number of nitrogens with one attached hydrogen (secondary N) is 1. The van der Waals surface area contributed by atoms with Gasteiger partial charge in [0.15, 0.2) is 0 Å². The summed E-state index contributed by atoms with van der Waals surface area (Å²) in [5.41, 5.74) is 0. The Morgan fingerprint density at radius 2 is 2.21 bits per heavy atom. The molecule has 19 heavy (non-hydrogen) atoms. The smallest absolute Gasteiger partial charge is 0.324 e. The van der Waals surface area contributed by atoms with Gasteiger partial charge in [0.2, 0.25) is 0 Å². The molecule has 0 aliphatic heterocycles. The van der Waals surface area contributed by atoms with Crippen LogP contribution in [0.2, 0.25) is 0 Å². The molecule has 1 fully saturated rings. The normalized spacial score (nSPS) is 22.4. The summed E-state index contributed by atoms with van der Waals surface area (Å²) in [6.07, 6.45) is 3.36. The summed E-state index contributed by atoms with van der Waals surface area (Å²) in [6.45, 7) is 0.599. The molecule has 0 radical (unpaired) electrons. The molecule has 2 unspecified atom stereocenters. The molecule has 0 bridgehead atoms. The highest BCUT2D eigenvalue weighted by molar-refractivity contribution is 7.17. The molecule has 1 aliphatic rings. The number of alkyl halides is 1. The molecule has 1 saturated carbocycles. The lowest BCUT2D eigenvalue weighted by atomic mass is 9.98. The predicted molar refractivity (Wildman–Crippen MR) is 74.9 cm³/mol. The van der Waals surface area contributed by atoms with E-state index in [9.17, 15) is 14.9 Å². The Bertz CT molecular complexity index is 477. The second-order valence-corrected chi connectivity index (χ2v) is 6.08. The van der Waals surface area contributed by atoms with Crippen molar-refractivity contribution in [2.75, 3.05) is 12.4 Å². The van der Waals surface area contributed by atoms with Gasteiger partial charge in [-0.05, 0) is 30.7 Å². The first-order valence-electron chi connectivity index (χ1n) is 6.20. The molecule has 7 heteroatoms. The molecule has 0 spiro atoms. The van der Waals surface area contributed by atoms with E-state index in [-0.39, 0.29) is 10.9 Å². The van der Waals surface area contributed by atoms with Gasteiger partial charge in [0.25, 0.3) is 5.91 Å². The van der Waals surface area contributed by atoms with Crippen molar-refractivity contribution in [2.45, 2.75) is 19.3 Å². The number of nitro groups is 1. The van der Waals surface area contributed by atoms with E-state index in [1.807, 2.05) is 0 Å². The number of hydrogen-bond acceptors (Lipinski definition) is 4. The van der Waals surface area contributed by atoms with Gasteiger partial charge in [-0.15, -0.1) is 11.6 Å². The topological polar surface area (TPSA) is 72.2 Å². The third-order valence-electron chi connectivity index (χ3n) is 3.54. The number of nitrogens with zero attached hydrogens (tertiary/aromatic N) is 1. The van der Waals surface area contributed by atoms with Crippen LogP contribution in [0.3, 0.4) is 0 Å². The Hall–Kier alpha value is -1.14. The summed E-state index contributed by atoms with van der Waals surface area (Å²) in [5.74, 6) is 1.29. The Kier molecular flexibility index (Phi) is 4.76. The molecule has 1 aromatic heterocycles. The number of rotatable bonds is 5. The van der Waals surface area contributed by atoms with E-state index in [2.05, 4.69) is 5.32 Å². The minimum atomic E-state index is -0.484. The Balaban J connectivity index is 1.88. The van der Waals surface area contributed by atoms with Crippen molar-refractivity contribution in [2.24, 2.45) is 11.8 Å². The van der Waals surface area contributed by atoms with Gasteiger partial charge in [0.05, 0.1) is 9.80 Å². The van der Waals surface area contributed by atoms with Gasteiger partial charge in [0, 0.05) is 18.5 Å². The van der Waals surface area contributed by atoms with Gasteiger partial charge in [0.1, 0.15) is 0 Å². The van der Waals surface area contributed by atoms with Crippen molar-refractivity contribution in [1.29, 1.82) is 0 Å². The van der Waals surface area contributed by atoms with E-state index in [1.54, 1.807) is 0 Å². The van der Waals surface area contributed by atoms with Gasteiger partial charge in [-0.3, -0.25) is 14.9 Å². The Morgan fingerprint density at radius 3 is 2.84 bits per heavy atom. The summed E-state index contributed by atoms with van der Waals surface area (Å²) < 4.78 is 0. The first kappa shape index (κ1) is 14.3. The third kappa shape index (κ3) is 3.45. The van der Waals surface area contributed by atoms with Crippen molar-refractivity contribution < 1.29 is 9.72 Å². The van der Waals surface area contributed by atoms with Crippen molar-refractivity contribution >= 4 is 33.8 Å². The summed E-state index contributed by atoms with van der Waals surface area (Å²) >= 11 is 6.79. The van der Waals surface area contributed by atoms with Crippen molar-refractivity contribution in [3.63, 3.8) is 0 Å². The average molecular weight is 303 g/mol. The number of carbonyl (C=O) groups excluding carboxylic acids is 1. The molecule has 2 rings (SSSR count). The summed E-state index contributed by atoms with van der Waals surface area (Å²) in [7, 11) is 0. The maximum Gasteiger partial charge on any atom is 0.324 e. The molecule has 0 aromatic carbocycles. The molecule has 2 atom stereocenters. The highest BCUT2D eigenvalue weighted by Gasteiger charge is 2.27. The molecule has 1 aromatic rings. The largest absolute Gasteiger partial charge is 0.351 e. The molecule has 5 nitrogen and oxygen atoms in total. The van der Waals surface area contributed by atoms with Gasteiger partial charge in [-0.2, -0.15) is 0 Å². The molecule has 1 amide bonds. The number of amides is 1. The van der Waals surface area contributed by atoms with Crippen LogP contribution < -0.4 is 5.32 Å². The van der Waals surface area contributed by atoms with Crippen LogP contribution in [0.15, 0.2) is 12.1 Å². The highest BCUT2D eigenvalue weighted by atomic mass is 35.5. The van der Waals surface area contributed by atoms with Crippen LogP contribution in [0, 0.1) is 22.0 Å². The van der Waals surface area contributed by atoms with Crippen LogP contribution in [0.4, 0.5) is 5.00 Å². The fourth-order valence-electron chi connectivity index (χ4n) is 2.44. The minimum Gasteiger partial charge on any atom is -0.351 e. The van der Waals surface area contributed by atoms with Crippen molar-refractivity contribution in [3.05, 3.63) is 27.1 Å². The van der Waals surface area contributed by atoms with E-state index < -0.39 is 4.92 Å². The number of halogens is 1. The minimum absolute atomic E-state index is 0.00958. The quantitative estimate of drug-likeness (QED) is 0.516. The van der Waals surface area contributed by atoms with Crippen LogP contribution in [0.1, 0.15) is 28.9 Å². The predicted octanol–water partition coefficient (Wildman–Crippen LogP) is 3.04. The number of thiophene rings is 1. The molecule has 1 aliphatic carbocycles. The van der Waals surface area contributed by atoms with Crippen LogP contribution in [0.25, 0.3) is 0 Å². The number of hydrogen-bond donors (Lipinski definition) is 1. The van der Waals surface area contributed by atoms with E-state index in [0.717, 1.165) is 30.6 Å². The van der Waals surface area contributed by atoms with Crippen LogP contribution in [-0.2, 0) is 0 Å². The van der Waals surface area contributed by atoms with E-state index in [1.165, 1.54) is 12.1 Å². The Morgan fingerprint density at radius 1 is 1.47 bits per heavy atom. The SMILES string of the molecule is O=C(NCC1CCCC1CCl)c1ccc([N+](=O)[O-])s1. The maximum absolute atomic E-state index is 11.9. The van der Waals surface area contributed by atoms with E-state index in [0.29, 0.717) is 29.1 Å². The first-order valence-corrected chi connectivity index (χ1v) is 7.55. The third-order valence-corrected chi connectivity index (χ3v) is 4.97. The lowest BCUT2D eigenvalue weighted by molar-refractivity contribution is -0.380. The zero-order valence-corrected chi connectivity index (χ0v) is 11.9. The van der Waals surface area contributed by atoms with Gasteiger partial charge in [-0.1, -0.05) is 17.8 Å². The van der Waals surface area contributed by atoms with E-state index in [4.69, 9.17) is 11.6 Å². The lowest BCUT2D eigenvalue weighted by Crippen LogP contribution is -2.30. The molecular weight excluding hydrogens is 288 g/mol. The standard InChI is InChI=1S/C12H15ClN2O3S/c13-6-8-2-1-3-9(8)7-14-12(16)10-4-5-11(19-10)15(17)18/h4-5,8-9H,1-3,6-7H2,(H,14,16). The molecule has 1 N–H and O–H groups in total. The van der Waals surface area contributed by atoms with E-state index >= 15 is 0 Å². The van der Waals surface area contributed by atoms with Gasteiger partial charge >= 0.3 is 5.00 Å². The first-order chi connectivity index (χ1) is 9.11. The fraction of sp³-hybridized carbons (Fsp3) is 0.583. The van der Waals surface area contributed by atoms with Gasteiger partial charge < -0.3 is 5.32 Å². The average Bonchev–Trinajstić information content (AvgIpc) is 3.04. The summed E-state index contributed by atoms with van der Waals surface area (Å²) in [4.78, 5) is 22.3. The Labute approximate surface area is 120 Å². The molecule has 0 saturated heterocycles. The zero-order chi connectivity index (χ0) is 13.8. The zero-order valence-electron chi connectivity index (χ0n) is 10.3. The van der Waals surface area contributed by atoms with Crippen LogP contribution in [-0.4, -0.2) is 23.3 Å². The second-order valence-electron chi connectivity index (χ2n) is 4.71. The molecule has 104 valence electrons. The fourth-order valence-corrected chi connectivity index (χ4v) is 3.59. The molecular formula is C12H15ClN2O3S. The summed E-state index contributed by atoms with van der Waals surface area (Å²) in [6, 6.07) is 2.85. The monoisotopic (exact) mass is 302 g/mol. The summed E-state index contributed by atoms with van der Waals surface area (Å²) in [5, 5.41) is 13.4. The van der Waals surface area contributed by atoms with Gasteiger partial charge in [-0.25, -0.2) is 0 Å².